The van der Waals surface area contributed by atoms with Crippen molar-refractivity contribution in [1.82, 2.24) is 9.88 Å². The van der Waals surface area contributed by atoms with Gasteiger partial charge >= 0.3 is 0 Å². The SMILES string of the molecule is CCn1cc(CCCC(=O)NC[C@@H](C)c2ccccc2)c2ccccc21. The Morgan fingerprint density at radius 3 is 2.58 bits per heavy atom. The van der Waals surface area contributed by atoms with E-state index >= 15 is 0 Å². The number of amides is 1. The van der Waals surface area contributed by atoms with Gasteiger partial charge in [0.25, 0.3) is 0 Å². The standard InChI is InChI=1S/C23H28N2O/c1-3-25-17-20(21-13-7-8-14-22(21)25)12-9-15-23(26)24-16-18(2)19-10-5-4-6-11-19/h4-8,10-11,13-14,17-18H,3,9,12,15-16H2,1-2H3,(H,24,26)/t18-/m1/s1. The van der Waals surface area contributed by atoms with Crippen LogP contribution in [-0.4, -0.2) is 17.0 Å². The third kappa shape index (κ3) is 4.34. The molecule has 0 saturated carbocycles. The van der Waals surface area contributed by atoms with Crippen LogP contribution in [0.5, 0.6) is 0 Å². The molecule has 1 atom stereocenters. The highest BCUT2D eigenvalue weighted by Gasteiger charge is 2.10. The number of nitrogens with zero attached hydrogens (tertiary/aromatic N) is 1. The summed E-state index contributed by atoms with van der Waals surface area (Å²) in [5.74, 6) is 0.481. The van der Waals surface area contributed by atoms with Crippen LogP contribution in [0.3, 0.4) is 0 Å². The van der Waals surface area contributed by atoms with Crippen molar-refractivity contribution < 1.29 is 4.79 Å². The molecule has 0 spiro atoms. The van der Waals surface area contributed by atoms with Gasteiger partial charge in [0.05, 0.1) is 0 Å². The number of aryl methyl sites for hydroxylation is 2. The van der Waals surface area contributed by atoms with E-state index in [-0.39, 0.29) is 5.91 Å². The second kappa shape index (κ2) is 8.70. The van der Waals surface area contributed by atoms with Crippen LogP contribution in [0.4, 0.5) is 0 Å². The molecule has 0 bridgehead atoms. The highest BCUT2D eigenvalue weighted by atomic mass is 16.1. The Bertz CT molecular complexity index is 851. The van der Waals surface area contributed by atoms with Gasteiger partial charge in [-0.3, -0.25) is 4.79 Å². The molecular formula is C23H28N2O. The van der Waals surface area contributed by atoms with E-state index in [1.165, 1.54) is 22.0 Å². The molecule has 0 fully saturated rings. The molecule has 3 rings (SSSR count). The zero-order valence-corrected chi connectivity index (χ0v) is 15.7. The van der Waals surface area contributed by atoms with Gasteiger partial charge in [-0.2, -0.15) is 0 Å². The summed E-state index contributed by atoms with van der Waals surface area (Å²) in [7, 11) is 0. The number of carbonyl (C=O) groups excluding carboxylic acids is 1. The van der Waals surface area contributed by atoms with Crippen molar-refractivity contribution >= 4 is 16.8 Å². The Morgan fingerprint density at radius 2 is 1.81 bits per heavy atom. The minimum atomic E-state index is 0.145. The fourth-order valence-electron chi connectivity index (χ4n) is 3.48. The number of fused-ring (bicyclic) bond motifs is 1. The maximum Gasteiger partial charge on any atom is 0.220 e. The Hall–Kier alpha value is -2.55. The number of hydrogen-bond donors (Lipinski definition) is 1. The Labute approximate surface area is 156 Å². The third-order valence-corrected chi connectivity index (χ3v) is 5.04. The van der Waals surface area contributed by atoms with Crippen molar-refractivity contribution in [1.29, 1.82) is 0 Å². The van der Waals surface area contributed by atoms with E-state index in [0.29, 0.717) is 18.9 Å². The van der Waals surface area contributed by atoms with Gasteiger partial charge < -0.3 is 9.88 Å². The summed E-state index contributed by atoms with van der Waals surface area (Å²) in [5.41, 5.74) is 3.89. The van der Waals surface area contributed by atoms with Gasteiger partial charge in [-0.25, -0.2) is 0 Å². The lowest BCUT2D eigenvalue weighted by molar-refractivity contribution is -0.121. The first-order valence-electron chi connectivity index (χ1n) is 9.57. The van der Waals surface area contributed by atoms with Gasteiger partial charge in [0, 0.05) is 36.6 Å². The fourth-order valence-corrected chi connectivity index (χ4v) is 3.48. The number of hydrogen-bond acceptors (Lipinski definition) is 1. The van der Waals surface area contributed by atoms with Crippen molar-refractivity contribution in [3.05, 3.63) is 71.9 Å². The number of carbonyl (C=O) groups is 1. The van der Waals surface area contributed by atoms with Crippen LogP contribution in [0, 0.1) is 0 Å². The molecule has 26 heavy (non-hydrogen) atoms. The molecule has 136 valence electrons. The van der Waals surface area contributed by atoms with E-state index < -0.39 is 0 Å². The van der Waals surface area contributed by atoms with Crippen LogP contribution in [0.1, 0.15) is 43.7 Å². The lowest BCUT2D eigenvalue weighted by Crippen LogP contribution is -2.27. The molecule has 1 aromatic heterocycles. The van der Waals surface area contributed by atoms with Gasteiger partial charge in [0.15, 0.2) is 0 Å². The van der Waals surface area contributed by atoms with Crippen LogP contribution in [-0.2, 0) is 17.8 Å². The maximum absolute atomic E-state index is 12.2. The molecule has 3 nitrogen and oxygen atoms in total. The average molecular weight is 348 g/mol. The van der Waals surface area contributed by atoms with Crippen molar-refractivity contribution in [2.45, 2.75) is 45.6 Å². The molecule has 3 heteroatoms. The molecular weight excluding hydrogens is 320 g/mol. The molecule has 0 unspecified atom stereocenters. The Kier molecular flexibility index (Phi) is 6.11. The quantitative estimate of drug-likeness (QED) is 0.617. The first-order valence-corrected chi connectivity index (χ1v) is 9.57. The molecule has 0 radical (unpaired) electrons. The first-order chi connectivity index (χ1) is 12.7. The number of rotatable bonds is 8. The van der Waals surface area contributed by atoms with E-state index in [9.17, 15) is 4.79 Å². The molecule has 0 aliphatic rings. The number of aromatic nitrogens is 1. The largest absolute Gasteiger partial charge is 0.356 e. The molecule has 3 aromatic rings. The summed E-state index contributed by atoms with van der Waals surface area (Å²) in [6.45, 7) is 5.98. The monoisotopic (exact) mass is 348 g/mol. The van der Waals surface area contributed by atoms with Gasteiger partial charge in [0.1, 0.15) is 0 Å². The zero-order chi connectivity index (χ0) is 18.4. The number of benzene rings is 2. The van der Waals surface area contributed by atoms with Crippen LogP contribution in [0.2, 0.25) is 0 Å². The summed E-state index contributed by atoms with van der Waals surface area (Å²) >= 11 is 0. The minimum absolute atomic E-state index is 0.145. The van der Waals surface area contributed by atoms with Crippen molar-refractivity contribution in [3.8, 4) is 0 Å². The lowest BCUT2D eigenvalue weighted by atomic mass is 10.0. The topological polar surface area (TPSA) is 34.0 Å². The van der Waals surface area contributed by atoms with E-state index in [4.69, 9.17) is 0 Å². The predicted molar refractivity (Wildman–Crippen MR) is 108 cm³/mol. The van der Waals surface area contributed by atoms with Gasteiger partial charge in [-0.15, -0.1) is 0 Å². The van der Waals surface area contributed by atoms with Crippen molar-refractivity contribution in [2.24, 2.45) is 0 Å². The summed E-state index contributed by atoms with van der Waals surface area (Å²) < 4.78 is 2.28. The van der Waals surface area contributed by atoms with Crippen LogP contribution in [0.15, 0.2) is 60.8 Å². The highest BCUT2D eigenvalue weighted by molar-refractivity contribution is 5.84. The molecule has 1 amide bonds. The van der Waals surface area contributed by atoms with Crippen molar-refractivity contribution in [2.75, 3.05) is 6.54 Å². The molecule has 0 aliphatic heterocycles. The Morgan fingerprint density at radius 1 is 1.08 bits per heavy atom. The molecule has 0 saturated heterocycles. The van der Waals surface area contributed by atoms with Gasteiger partial charge in [-0.05, 0) is 42.9 Å². The zero-order valence-electron chi connectivity index (χ0n) is 15.7. The Balaban J connectivity index is 1.48. The normalized spacial score (nSPS) is 12.2. The average Bonchev–Trinajstić information content (AvgIpc) is 3.05. The highest BCUT2D eigenvalue weighted by Crippen LogP contribution is 2.23. The smallest absolute Gasteiger partial charge is 0.220 e. The molecule has 1 N–H and O–H groups in total. The molecule has 2 aromatic carbocycles. The fraction of sp³-hybridized carbons (Fsp3) is 0.348. The number of para-hydroxylation sites is 1. The maximum atomic E-state index is 12.2. The van der Waals surface area contributed by atoms with Gasteiger partial charge in [0.2, 0.25) is 5.91 Å². The molecule has 0 aliphatic carbocycles. The summed E-state index contributed by atoms with van der Waals surface area (Å²) in [4.78, 5) is 12.2. The summed E-state index contributed by atoms with van der Waals surface area (Å²) in [5, 5.41) is 4.39. The predicted octanol–water partition coefficient (Wildman–Crippen LogP) is 4.90. The van der Waals surface area contributed by atoms with Crippen molar-refractivity contribution in [3.63, 3.8) is 0 Å². The van der Waals surface area contributed by atoms with E-state index in [2.05, 4.69) is 66.3 Å². The van der Waals surface area contributed by atoms with E-state index in [1.807, 2.05) is 18.2 Å². The summed E-state index contributed by atoms with van der Waals surface area (Å²) in [6, 6.07) is 18.8. The minimum Gasteiger partial charge on any atom is -0.356 e. The van der Waals surface area contributed by atoms with E-state index in [0.717, 1.165) is 19.4 Å². The third-order valence-electron chi connectivity index (χ3n) is 5.04. The van der Waals surface area contributed by atoms with Crippen LogP contribution in [0.25, 0.3) is 10.9 Å². The van der Waals surface area contributed by atoms with Crippen LogP contribution >= 0.6 is 0 Å². The summed E-state index contributed by atoms with van der Waals surface area (Å²) in [6.07, 6.45) is 4.63. The van der Waals surface area contributed by atoms with E-state index in [1.54, 1.807) is 0 Å². The lowest BCUT2D eigenvalue weighted by Gasteiger charge is -2.13. The first kappa shape index (κ1) is 18.2. The van der Waals surface area contributed by atoms with Crippen LogP contribution < -0.4 is 5.32 Å². The molecule has 1 heterocycles. The van der Waals surface area contributed by atoms with Gasteiger partial charge in [-0.1, -0.05) is 55.5 Å². The number of nitrogens with one attached hydrogen (secondary N) is 1. The second-order valence-electron chi connectivity index (χ2n) is 6.93. The second-order valence-corrected chi connectivity index (χ2v) is 6.93.